The Morgan fingerprint density at radius 1 is 1.53 bits per heavy atom. The average Bonchev–Trinajstić information content (AvgIpc) is 2.63. The van der Waals surface area contributed by atoms with Crippen LogP contribution >= 0.6 is 0 Å². The van der Waals surface area contributed by atoms with Gasteiger partial charge in [0.1, 0.15) is 12.2 Å². The number of hydrogen-bond acceptors (Lipinski definition) is 4. The molecule has 1 amide bonds. The van der Waals surface area contributed by atoms with E-state index in [0.717, 1.165) is 4.90 Å². The monoisotopic (exact) mass is 213 g/mol. The molecular weight excluding hydrogens is 202 g/mol. The minimum atomic E-state index is -0.524. The lowest BCUT2D eigenvalue weighted by molar-refractivity contribution is -0.141. The fraction of sp³-hybridized carbons (Fsp3) is 0.375. The van der Waals surface area contributed by atoms with Crippen LogP contribution in [0.25, 0.3) is 0 Å². The number of carbonyl (C=O) groups is 2. The molecule has 0 saturated carbocycles. The lowest BCUT2D eigenvalue weighted by atomic mass is 10.4. The Balaban J connectivity index is 2.69. The molecule has 0 aromatic carbocycles. The second kappa shape index (κ2) is 4.45. The van der Waals surface area contributed by atoms with Crippen molar-refractivity contribution in [2.24, 2.45) is 0 Å². The first kappa shape index (κ1) is 11.0. The van der Waals surface area contributed by atoms with E-state index in [4.69, 9.17) is 0 Å². The summed E-state index contributed by atoms with van der Waals surface area (Å²) < 4.78 is 4.40. The number of ether oxygens (including phenoxy) is 1. The first-order valence-corrected chi connectivity index (χ1v) is 4.14. The van der Waals surface area contributed by atoms with Crippen molar-refractivity contribution in [1.29, 1.82) is 0 Å². The van der Waals surface area contributed by atoms with Gasteiger partial charge >= 0.3 is 11.7 Å². The van der Waals surface area contributed by atoms with Gasteiger partial charge in [-0.3, -0.25) is 9.59 Å². The molecule has 0 atom stereocenters. The van der Waals surface area contributed by atoms with Crippen LogP contribution < -0.4 is 5.69 Å². The van der Waals surface area contributed by atoms with Crippen LogP contribution in [0.3, 0.4) is 0 Å². The third kappa shape index (κ3) is 2.70. The van der Waals surface area contributed by atoms with Gasteiger partial charge in [-0.05, 0) is 0 Å². The van der Waals surface area contributed by atoms with Crippen LogP contribution in [0, 0.1) is 0 Å². The number of methoxy groups -OCH3 is 1. The van der Waals surface area contributed by atoms with Crippen molar-refractivity contribution in [2.75, 3.05) is 20.7 Å². The van der Waals surface area contributed by atoms with Gasteiger partial charge in [0.2, 0.25) is 0 Å². The molecule has 1 aromatic heterocycles. The van der Waals surface area contributed by atoms with E-state index in [1.54, 1.807) is 0 Å². The predicted octanol–water partition coefficient (Wildman–Crippen LogP) is -1.05. The first-order chi connectivity index (χ1) is 7.04. The van der Waals surface area contributed by atoms with Crippen molar-refractivity contribution < 1.29 is 14.3 Å². The highest BCUT2D eigenvalue weighted by molar-refractivity contribution is 5.93. The number of hydrogen-bond donors (Lipinski definition) is 2. The molecule has 0 unspecified atom stereocenters. The molecule has 7 nitrogen and oxygen atoms in total. The van der Waals surface area contributed by atoms with Crippen LogP contribution in [0.5, 0.6) is 0 Å². The maximum atomic E-state index is 11.5. The quantitative estimate of drug-likeness (QED) is 0.626. The molecule has 0 aliphatic rings. The lowest BCUT2D eigenvalue weighted by Gasteiger charge is -2.13. The van der Waals surface area contributed by atoms with Crippen LogP contribution in [-0.2, 0) is 9.53 Å². The molecule has 1 heterocycles. The highest BCUT2D eigenvalue weighted by Gasteiger charge is 2.16. The van der Waals surface area contributed by atoms with Gasteiger partial charge in [-0.25, -0.2) is 4.79 Å². The van der Waals surface area contributed by atoms with E-state index >= 15 is 0 Å². The summed E-state index contributed by atoms with van der Waals surface area (Å²) in [6, 6.07) is 0. The number of likely N-dealkylation sites (N-methyl/N-ethyl adjacent to an activating group) is 1. The van der Waals surface area contributed by atoms with Gasteiger partial charge in [-0.2, -0.15) is 0 Å². The summed E-state index contributed by atoms with van der Waals surface area (Å²) in [7, 11) is 2.67. The first-order valence-electron chi connectivity index (χ1n) is 4.14. The third-order valence-corrected chi connectivity index (χ3v) is 1.77. The van der Waals surface area contributed by atoms with Gasteiger partial charge in [0.05, 0.1) is 7.11 Å². The fourth-order valence-electron chi connectivity index (χ4n) is 0.983. The minimum Gasteiger partial charge on any atom is -0.468 e. The minimum absolute atomic E-state index is 0.103. The molecule has 0 aliphatic carbocycles. The van der Waals surface area contributed by atoms with Crippen LogP contribution in [0.4, 0.5) is 0 Å². The SMILES string of the molecule is COC(=O)CN(C)C(=O)c1c[nH]c(=O)[nH]1. The normalized spacial score (nSPS) is 9.73. The molecule has 0 spiro atoms. The van der Waals surface area contributed by atoms with E-state index in [9.17, 15) is 14.4 Å². The van der Waals surface area contributed by atoms with E-state index in [-0.39, 0.29) is 12.2 Å². The molecule has 0 saturated heterocycles. The highest BCUT2D eigenvalue weighted by atomic mass is 16.5. The molecule has 1 rings (SSSR count). The van der Waals surface area contributed by atoms with E-state index < -0.39 is 17.6 Å². The standard InChI is InChI=1S/C8H11N3O4/c1-11(4-6(12)15-2)7(13)5-3-9-8(14)10-5/h3H,4H2,1-2H3,(H2,9,10,14). The topological polar surface area (TPSA) is 95.3 Å². The van der Waals surface area contributed by atoms with Crippen molar-refractivity contribution in [3.8, 4) is 0 Å². The average molecular weight is 213 g/mol. The largest absolute Gasteiger partial charge is 0.468 e. The summed E-state index contributed by atoms with van der Waals surface area (Å²) in [5, 5.41) is 0. The molecule has 15 heavy (non-hydrogen) atoms. The summed E-state index contributed by atoms with van der Waals surface area (Å²) in [4.78, 5) is 38.9. The van der Waals surface area contributed by atoms with Gasteiger partial charge in [0.25, 0.3) is 5.91 Å². The smallest absolute Gasteiger partial charge is 0.325 e. The van der Waals surface area contributed by atoms with Crippen molar-refractivity contribution in [2.45, 2.75) is 0 Å². The van der Waals surface area contributed by atoms with Crippen molar-refractivity contribution >= 4 is 11.9 Å². The number of aromatic amines is 2. The van der Waals surface area contributed by atoms with Crippen LogP contribution in [0.15, 0.2) is 11.0 Å². The van der Waals surface area contributed by atoms with Gasteiger partial charge < -0.3 is 19.6 Å². The lowest BCUT2D eigenvalue weighted by Crippen LogP contribution is -2.33. The van der Waals surface area contributed by atoms with E-state index in [0.29, 0.717) is 0 Å². The Morgan fingerprint density at radius 3 is 2.67 bits per heavy atom. The summed E-state index contributed by atoms with van der Waals surface area (Å²) in [5.74, 6) is -0.984. The molecule has 2 N–H and O–H groups in total. The summed E-state index contributed by atoms with van der Waals surface area (Å²) in [6.07, 6.45) is 1.25. The summed E-state index contributed by atoms with van der Waals surface area (Å²) in [5.41, 5.74) is -0.365. The number of aromatic nitrogens is 2. The van der Waals surface area contributed by atoms with Crippen LogP contribution in [0.1, 0.15) is 10.5 Å². The molecule has 0 bridgehead atoms. The number of imidazole rings is 1. The zero-order chi connectivity index (χ0) is 11.4. The highest BCUT2D eigenvalue weighted by Crippen LogP contribution is 1.96. The number of carbonyl (C=O) groups excluding carboxylic acids is 2. The van der Waals surface area contributed by atoms with Gasteiger partial charge in [0.15, 0.2) is 0 Å². The van der Waals surface area contributed by atoms with E-state index in [2.05, 4.69) is 14.7 Å². The summed E-state index contributed by atoms with van der Waals surface area (Å²) >= 11 is 0. The molecular formula is C8H11N3O4. The number of rotatable bonds is 3. The Labute approximate surface area is 85.0 Å². The van der Waals surface area contributed by atoms with Gasteiger partial charge in [-0.15, -0.1) is 0 Å². The van der Waals surface area contributed by atoms with Crippen molar-refractivity contribution in [1.82, 2.24) is 14.9 Å². The Bertz CT molecular complexity index is 420. The van der Waals surface area contributed by atoms with Gasteiger partial charge in [0, 0.05) is 13.2 Å². The van der Waals surface area contributed by atoms with Crippen molar-refractivity contribution in [3.05, 3.63) is 22.4 Å². The number of amides is 1. The molecule has 7 heteroatoms. The second-order valence-electron chi connectivity index (χ2n) is 2.89. The molecule has 0 fully saturated rings. The molecule has 82 valence electrons. The number of esters is 1. The number of nitrogens with one attached hydrogen (secondary N) is 2. The second-order valence-corrected chi connectivity index (χ2v) is 2.89. The summed E-state index contributed by atoms with van der Waals surface area (Å²) in [6.45, 7) is -0.164. The number of nitrogens with zero attached hydrogens (tertiary/aromatic N) is 1. The maximum absolute atomic E-state index is 11.5. The van der Waals surface area contributed by atoms with Crippen molar-refractivity contribution in [3.63, 3.8) is 0 Å². The molecule has 0 aliphatic heterocycles. The van der Waals surface area contributed by atoms with Crippen LogP contribution in [0.2, 0.25) is 0 Å². The molecule has 0 radical (unpaired) electrons. The zero-order valence-corrected chi connectivity index (χ0v) is 8.36. The van der Waals surface area contributed by atoms with Crippen LogP contribution in [-0.4, -0.2) is 47.4 Å². The Hall–Kier alpha value is -2.05. The maximum Gasteiger partial charge on any atom is 0.325 e. The zero-order valence-electron chi connectivity index (χ0n) is 8.36. The Kier molecular flexibility index (Phi) is 3.27. The van der Waals surface area contributed by atoms with E-state index in [1.165, 1.54) is 20.4 Å². The van der Waals surface area contributed by atoms with Gasteiger partial charge in [-0.1, -0.05) is 0 Å². The molecule has 1 aromatic rings. The fourth-order valence-corrected chi connectivity index (χ4v) is 0.983. The Morgan fingerprint density at radius 2 is 2.20 bits per heavy atom. The third-order valence-electron chi connectivity index (χ3n) is 1.77. The number of H-pyrrole nitrogens is 2. The predicted molar refractivity (Wildman–Crippen MR) is 50.4 cm³/mol. The van der Waals surface area contributed by atoms with E-state index in [1.807, 2.05) is 0 Å².